The number of hydrogen-bond donors (Lipinski definition) is 0. The fourth-order valence-corrected chi connectivity index (χ4v) is 2.02. The molecule has 0 atom stereocenters. The molecule has 0 aliphatic heterocycles. The van der Waals surface area contributed by atoms with Crippen molar-refractivity contribution in [3.8, 4) is 22.3 Å². The van der Waals surface area contributed by atoms with Gasteiger partial charge in [-0.15, -0.1) is 0 Å². The molecule has 0 bridgehead atoms. The maximum atomic E-state index is 8.67. The Kier molecular flexibility index (Phi) is 1.88. The Bertz CT molecular complexity index is 1120. The van der Waals surface area contributed by atoms with Gasteiger partial charge in [-0.2, -0.15) is 0 Å². The molecule has 0 saturated carbocycles. The maximum Gasteiger partial charge on any atom is 0.0636 e. The van der Waals surface area contributed by atoms with Gasteiger partial charge in [-0.1, -0.05) is 86.5 Å². The maximum absolute atomic E-state index is 8.67. The molecule has 0 fully saturated rings. The normalized spacial score (nSPS) is 16.8. The van der Waals surface area contributed by atoms with E-state index in [-0.39, 0.29) is 34.7 Å². The molecule has 0 heterocycles. The molecule has 3 rings (SSSR count). The number of benzene rings is 3. The fraction of sp³-hybridized carbons (Fsp3) is 0.143. The predicted molar refractivity (Wildman–Crippen MR) is 91.4 cm³/mol. The van der Waals surface area contributed by atoms with E-state index in [1.807, 2.05) is 26.0 Å². The first-order valence-electron chi connectivity index (χ1n) is 11.3. The van der Waals surface area contributed by atoms with Crippen molar-refractivity contribution in [3.63, 3.8) is 0 Å². The second-order valence-electron chi connectivity index (χ2n) is 5.03. The Balaban J connectivity index is 2.40. The molecular formula is C21H20. The van der Waals surface area contributed by atoms with Crippen LogP contribution in [-0.2, 0) is 0 Å². The van der Waals surface area contributed by atoms with Crippen molar-refractivity contribution in [1.82, 2.24) is 0 Å². The molecule has 21 heavy (non-hydrogen) atoms. The first kappa shape index (κ1) is 6.62. The highest BCUT2D eigenvalue weighted by atomic mass is 14.1. The van der Waals surface area contributed by atoms with Gasteiger partial charge in [0.1, 0.15) is 0 Å². The summed E-state index contributed by atoms with van der Waals surface area (Å²) in [6, 6.07) is 2.80. The molecule has 3 aromatic carbocycles. The van der Waals surface area contributed by atoms with Crippen LogP contribution in [0.1, 0.15) is 37.7 Å². The standard InChI is InChI=1S/C21H20/c1-16(2)17-11-13-19(14-12-17)21-10-6-9-20(15-21)18-7-4-3-5-8-18/h3-16H,1-2H3/i3D,4D,5D,6D,7D,8D,9D,10D,15D. The van der Waals surface area contributed by atoms with Crippen LogP contribution in [0.2, 0.25) is 0 Å². The third-order valence-corrected chi connectivity index (χ3v) is 3.24. The summed E-state index contributed by atoms with van der Waals surface area (Å²) in [5, 5.41) is 0. The summed E-state index contributed by atoms with van der Waals surface area (Å²) in [5.41, 5.74) is 1.11. The highest BCUT2D eigenvalue weighted by Crippen LogP contribution is 2.27. The van der Waals surface area contributed by atoms with E-state index in [1.54, 1.807) is 12.1 Å². The van der Waals surface area contributed by atoms with Crippen molar-refractivity contribution in [2.75, 3.05) is 0 Å². The third-order valence-electron chi connectivity index (χ3n) is 3.24. The molecule has 0 spiro atoms. The molecule has 3 aromatic rings. The van der Waals surface area contributed by atoms with E-state index in [0.29, 0.717) is 5.56 Å². The first-order chi connectivity index (χ1) is 14.0. The Morgan fingerprint density at radius 2 is 1.24 bits per heavy atom. The fourth-order valence-electron chi connectivity index (χ4n) is 2.02. The van der Waals surface area contributed by atoms with E-state index in [0.717, 1.165) is 5.56 Å². The van der Waals surface area contributed by atoms with Gasteiger partial charge in [0, 0.05) is 0 Å². The summed E-state index contributed by atoms with van der Waals surface area (Å²) < 4.78 is 73.4. The van der Waals surface area contributed by atoms with Crippen LogP contribution in [0.25, 0.3) is 22.3 Å². The quantitative estimate of drug-likeness (QED) is 0.540. The molecule has 0 heteroatoms. The van der Waals surface area contributed by atoms with Crippen molar-refractivity contribution in [1.29, 1.82) is 0 Å². The average Bonchev–Trinajstić information content (AvgIpc) is 2.72. The molecule has 0 saturated heterocycles. The van der Waals surface area contributed by atoms with Gasteiger partial charge < -0.3 is 0 Å². The van der Waals surface area contributed by atoms with Crippen LogP contribution >= 0.6 is 0 Å². The topological polar surface area (TPSA) is 0 Å². The van der Waals surface area contributed by atoms with Crippen molar-refractivity contribution < 1.29 is 12.3 Å². The van der Waals surface area contributed by atoms with E-state index in [9.17, 15) is 0 Å². The lowest BCUT2D eigenvalue weighted by Gasteiger charge is -2.09. The highest BCUT2D eigenvalue weighted by Gasteiger charge is 2.03. The molecular weight excluding hydrogens is 252 g/mol. The van der Waals surface area contributed by atoms with Gasteiger partial charge in [0.25, 0.3) is 0 Å². The van der Waals surface area contributed by atoms with E-state index >= 15 is 0 Å². The summed E-state index contributed by atoms with van der Waals surface area (Å²) >= 11 is 0. The predicted octanol–water partition coefficient (Wildman–Crippen LogP) is 6.14. The third kappa shape index (κ3) is 3.05. The average molecular weight is 281 g/mol. The van der Waals surface area contributed by atoms with Gasteiger partial charge in [-0.3, -0.25) is 0 Å². The van der Waals surface area contributed by atoms with Gasteiger partial charge in [0.2, 0.25) is 0 Å². The monoisotopic (exact) mass is 281 g/mol. The zero-order valence-corrected chi connectivity index (χ0v) is 11.9. The van der Waals surface area contributed by atoms with Crippen molar-refractivity contribution in [2.45, 2.75) is 19.8 Å². The molecule has 0 N–H and O–H groups in total. The van der Waals surface area contributed by atoms with E-state index in [2.05, 4.69) is 0 Å². The second kappa shape index (κ2) is 5.97. The summed E-state index contributed by atoms with van der Waals surface area (Å²) in [6.45, 7) is 4.07. The Morgan fingerprint density at radius 1 is 0.667 bits per heavy atom. The Labute approximate surface area is 139 Å². The zero-order valence-electron chi connectivity index (χ0n) is 20.9. The minimum Gasteiger partial charge on any atom is -0.0622 e. The lowest BCUT2D eigenvalue weighted by atomic mass is 9.96. The van der Waals surface area contributed by atoms with Crippen LogP contribution in [0.4, 0.5) is 0 Å². The molecule has 0 radical (unpaired) electrons. The molecule has 104 valence electrons. The first-order valence-corrected chi connectivity index (χ1v) is 6.76. The van der Waals surface area contributed by atoms with Gasteiger partial charge in [0.05, 0.1) is 12.3 Å². The van der Waals surface area contributed by atoms with Crippen LogP contribution in [0.3, 0.4) is 0 Å². The van der Waals surface area contributed by atoms with Crippen LogP contribution in [0.15, 0.2) is 78.6 Å². The van der Waals surface area contributed by atoms with Crippen LogP contribution in [-0.4, -0.2) is 0 Å². The minimum absolute atomic E-state index is 0.0908. The van der Waals surface area contributed by atoms with Crippen molar-refractivity contribution in [2.24, 2.45) is 0 Å². The zero-order chi connectivity index (χ0) is 22.5. The Morgan fingerprint density at radius 3 is 1.86 bits per heavy atom. The van der Waals surface area contributed by atoms with E-state index in [1.165, 1.54) is 0 Å². The molecule has 0 aliphatic rings. The lowest BCUT2D eigenvalue weighted by molar-refractivity contribution is 0.867. The van der Waals surface area contributed by atoms with Gasteiger partial charge >= 0.3 is 0 Å². The van der Waals surface area contributed by atoms with Crippen molar-refractivity contribution in [3.05, 3.63) is 84.2 Å². The van der Waals surface area contributed by atoms with Gasteiger partial charge in [-0.05, 0) is 39.8 Å². The number of rotatable bonds is 3. The largest absolute Gasteiger partial charge is 0.0636 e. The highest BCUT2D eigenvalue weighted by molar-refractivity contribution is 5.73. The van der Waals surface area contributed by atoms with Crippen LogP contribution < -0.4 is 0 Å². The van der Waals surface area contributed by atoms with Crippen LogP contribution in [0.5, 0.6) is 0 Å². The van der Waals surface area contributed by atoms with Crippen LogP contribution in [0, 0.1) is 0 Å². The van der Waals surface area contributed by atoms with Gasteiger partial charge in [-0.25, -0.2) is 0 Å². The molecule has 0 nitrogen and oxygen atoms in total. The summed E-state index contributed by atoms with van der Waals surface area (Å²) in [5.74, 6) is 0.286. The molecule has 0 aromatic heterocycles. The van der Waals surface area contributed by atoms with E-state index < -0.39 is 42.3 Å². The summed E-state index contributed by atoms with van der Waals surface area (Å²) in [4.78, 5) is 0. The molecule has 0 amide bonds. The molecule has 0 unspecified atom stereocenters. The molecule has 0 aliphatic carbocycles. The van der Waals surface area contributed by atoms with Gasteiger partial charge in [0.15, 0.2) is 0 Å². The second-order valence-corrected chi connectivity index (χ2v) is 5.03. The summed E-state index contributed by atoms with van der Waals surface area (Å²) in [6.07, 6.45) is 0. The van der Waals surface area contributed by atoms with E-state index in [4.69, 9.17) is 12.3 Å². The summed E-state index contributed by atoms with van der Waals surface area (Å²) in [7, 11) is 0. The minimum atomic E-state index is -0.575. The lowest BCUT2D eigenvalue weighted by Crippen LogP contribution is -1.87. The SMILES string of the molecule is [2H]c1c([2H])c([2H])c(-c2c([2H])c([2H])c([2H])c(-c3ccc(C(C)C)cc3)c2[2H])c([2H])c1[2H]. The Hall–Kier alpha value is -2.34. The number of hydrogen-bond acceptors (Lipinski definition) is 0. The van der Waals surface area contributed by atoms with Crippen molar-refractivity contribution >= 4 is 0 Å². The smallest absolute Gasteiger partial charge is 0.0622 e.